The van der Waals surface area contributed by atoms with E-state index in [1.54, 1.807) is 52.8 Å². The van der Waals surface area contributed by atoms with Crippen LogP contribution in [0.1, 0.15) is 34.6 Å². The Bertz CT molecular complexity index is 862. The highest BCUT2D eigenvalue weighted by atomic mass is 16.6. The van der Waals surface area contributed by atoms with Gasteiger partial charge in [-0.25, -0.2) is 14.4 Å². The number of benzene rings is 1. The quantitative estimate of drug-likeness (QED) is 0.510. The lowest BCUT2D eigenvalue weighted by molar-refractivity contribution is -0.137. The topological polar surface area (TPSA) is 94.8 Å². The van der Waals surface area contributed by atoms with Crippen molar-refractivity contribution in [3.63, 3.8) is 0 Å². The van der Waals surface area contributed by atoms with Gasteiger partial charge in [0.2, 0.25) is 0 Å². The molecule has 2 aromatic rings. The summed E-state index contributed by atoms with van der Waals surface area (Å²) in [5, 5.41) is 3.24. The van der Waals surface area contributed by atoms with E-state index in [-0.39, 0.29) is 11.7 Å². The van der Waals surface area contributed by atoms with Gasteiger partial charge in [0, 0.05) is 17.5 Å². The Hall–Kier alpha value is -2.83. The second-order valence-corrected chi connectivity index (χ2v) is 7.24. The van der Waals surface area contributed by atoms with E-state index >= 15 is 0 Å². The second-order valence-electron chi connectivity index (χ2n) is 7.24. The highest BCUT2D eigenvalue weighted by molar-refractivity contribution is 5.84. The minimum absolute atomic E-state index is 0.214. The number of nitrogens with one attached hydrogen (secondary N) is 1. The summed E-state index contributed by atoms with van der Waals surface area (Å²) < 4.78 is 15.6. The van der Waals surface area contributed by atoms with E-state index in [1.165, 1.54) is 12.1 Å². The van der Waals surface area contributed by atoms with E-state index < -0.39 is 29.3 Å². The zero-order valence-electron chi connectivity index (χ0n) is 15.5. The third-order valence-electron chi connectivity index (χ3n) is 3.41. The summed E-state index contributed by atoms with van der Waals surface area (Å²) in [4.78, 5) is 35.7. The maximum atomic E-state index is 12.5. The van der Waals surface area contributed by atoms with Gasteiger partial charge in [-0.05, 0) is 44.9 Å². The van der Waals surface area contributed by atoms with Crippen molar-refractivity contribution in [1.29, 1.82) is 0 Å². The van der Waals surface area contributed by atoms with Gasteiger partial charge in [0.05, 0.1) is 0 Å². The van der Waals surface area contributed by atoms with Crippen LogP contribution in [0.2, 0.25) is 0 Å². The number of esters is 1. The van der Waals surface area contributed by atoms with Crippen LogP contribution in [0.15, 0.2) is 39.5 Å². The Morgan fingerprint density at radius 1 is 1.12 bits per heavy atom. The molecular formula is C19H23NO6. The Labute approximate surface area is 151 Å². The highest BCUT2D eigenvalue weighted by Crippen LogP contribution is 2.20. The summed E-state index contributed by atoms with van der Waals surface area (Å²) in [6.45, 7) is 8.76. The Kier molecular flexibility index (Phi) is 5.69. The third kappa shape index (κ3) is 5.34. The van der Waals surface area contributed by atoms with Crippen molar-refractivity contribution in [2.45, 2.75) is 46.3 Å². The summed E-state index contributed by atoms with van der Waals surface area (Å²) in [5.41, 5.74) is -0.859. The minimum Gasteiger partial charge on any atom is -0.444 e. The number of fused-ring (bicyclic) bond motifs is 1. The van der Waals surface area contributed by atoms with Gasteiger partial charge in [0.25, 0.3) is 0 Å². The monoisotopic (exact) mass is 361 g/mol. The third-order valence-corrected chi connectivity index (χ3v) is 3.41. The molecule has 0 spiro atoms. The fraction of sp³-hybridized carbons (Fsp3) is 0.421. The maximum absolute atomic E-state index is 12.5. The second kappa shape index (κ2) is 7.59. The number of ether oxygens (including phenoxy) is 2. The first kappa shape index (κ1) is 19.5. The Balaban J connectivity index is 2.14. The van der Waals surface area contributed by atoms with Gasteiger partial charge in [0.1, 0.15) is 23.0 Å². The maximum Gasteiger partial charge on any atom is 0.408 e. The van der Waals surface area contributed by atoms with Crippen LogP contribution in [-0.4, -0.2) is 23.7 Å². The standard InChI is InChI=1S/C19H23NO6/c1-11(2)16(20-18(23)26-19(3,4)5)17(22)24-13-8-6-12-7-9-15(21)25-14(12)10-13/h6-11,16H,1-5H3,(H,20,23)/t16-/m0/s1. The molecule has 0 radical (unpaired) electrons. The first-order valence-electron chi connectivity index (χ1n) is 8.30. The lowest BCUT2D eigenvalue weighted by Crippen LogP contribution is -2.48. The number of carbonyl (C=O) groups excluding carboxylic acids is 2. The van der Waals surface area contributed by atoms with Gasteiger partial charge < -0.3 is 19.2 Å². The SMILES string of the molecule is CC(C)[C@H](NC(=O)OC(C)(C)C)C(=O)Oc1ccc2ccc(=O)oc2c1. The molecule has 140 valence electrons. The van der Waals surface area contributed by atoms with Crippen molar-refractivity contribution >= 4 is 23.0 Å². The van der Waals surface area contributed by atoms with E-state index in [9.17, 15) is 14.4 Å². The largest absolute Gasteiger partial charge is 0.444 e. The van der Waals surface area contributed by atoms with Gasteiger partial charge in [-0.1, -0.05) is 13.8 Å². The van der Waals surface area contributed by atoms with E-state index in [2.05, 4.69) is 5.32 Å². The molecule has 7 nitrogen and oxygen atoms in total. The van der Waals surface area contributed by atoms with Gasteiger partial charge in [-0.3, -0.25) is 0 Å². The smallest absolute Gasteiger partial charge is 0.408 e. The van der Waals surface area contributed by atoms with Crippen molar-refractivity contribution in [1.82, 2.24) is 5.32 Å². The highest BCUT2D eigenvalue weighted by Gasteiger charge is 2.28. The van der Waals surface area contributed by atoms with Crippen LogP contribution in [0.25, 0.3) is 11.0 Å². The van der Waals surface area contributed by atoms with Crippen molar-refractivity contribution in [3.05, 3.63) is 40.8 Å². The number of amides is 1. The number of rotatable bonds is 4. The predicted octanol–water partition coefficient (Wildman–Crippen LogP) is 3.25. The van der Waals surface area contributed by atoms with Crippen molar-refractivity contribution < 1.29 is 23.5 Å². The van der Waals surface area contributed by atoms with Gasteiger partial charge in [0.15, 0.2) is 0 Å². The first-order valence-corrected chi connectivity index (χ1v) is 8.30. The average Bonchev–Trinajstić information content (AvgIpc) is 2.50. The fourth-order valence-corrected chi connectivity index (χ4v) is 2.22. The molecule has 1 atom stereocenters. The lowest BCUT2D eigenvalue weighted by Gasteiger charge is -2.24. The molecule has 0 unspecified atom stereocenters. The molecule has 0 saturated carbocycles. The minimum atomic E-state index is -0.886. The van der Waals surface area contributed by atoms with Crippen LogP contribution in [-0.2, 0) is 9.53 Å². The zero-order valence-corrected chi connectivity index (χ0v) is 15.5. The van der Waals surface area contributed by atoms with Crippen LogP contribution in [0.5, 0.6) is 5.75 Å². The number of hydrogen-bond acceptors (Lipinski definition) is 6. The van der Waals surface area contributed by atoms with Crippen molar-refractivity contribution in [2.75, 3.05) is 0 Å². The molecule has 0 aliphatic rings. The van der Waals surface area contributed by atoms with Gasteiger partial charge in [-0.2, -0.15) is 0 Å². The van der Waals surface area contributed by atoms with Crippen LogP contribution >= 0.6 is 0 Å². The summed E-state index contributed by atoms with van der Waals surface area (Å²) in [5.74, 6) is -0.634. The first-order chi connectivity index (χ1) is 12.0. The molecule has 1 aromatic heterocycles. The fourth-order valence-electron chi connectivity index (χ4n) is 2.22. The molecule has 2 rings (SSSR count). The van der Waals surface area contributed by atoms with Gasteiger partial charge >= 0.3 is 17.7 Å². The van der Waals surface area contributed by atoms with E-state index in [1.807, 2.05) is 0 Å². The number of hydrogen-bond donors (Lipinski definition) is 1. The molecule has 0 bridgehead atoms. The molecule has 0 aliphatic carbocycles. The van der Waals surface area contributed by atoms with Gasteiger partial charge in [-0.15, -0.1) is 0 Å². The summed E-state index contributed by atoms with van der Waals surface area (Å²) >= 11 is 0. The normalized spacial score (nSPS) is 12.7. The predicted molar refractivity (Wildman–Crippen MR) is 96.1 cm³/mol. The molecule has 0 saturated heterocycles. The number of carbonyl (C=O) groups is 2. The molecule has 1 N–H and O–H groups in total. The van der Waals surface area contributed by atoms with Crippen molar-refractivity contribution in [2.24, 2.45) is 5.92 Å². The summed E-state index contributed by atoms with van der Waals surface area (Å²) in [6.07, 6.45) is -0.697. The Morgan fingerprint density at radius 2 is 1.77 bits per heavy atom. The van der Waals surface area contributed by atoms with E-state index in [0.717, 1.165) is 0 Å². The zero-order chi connectivity index (χ0) is 19.5. The number of alkyl carbamates (subject to hydrolysis) is 1. The summed E-state index contributed by atoms with van der Waals surface area (Å²) in [7, 11) is 0. The molecule has 1 heterocycles. The van der Waals surface area contributed by atoms with E-state index in [4.69, 9.17) is 13.9 Å². The van der Waals surface area contributed by atoms with Crippen LogP contribution in [0, 0.1) is 5.92 Å². The molecule has 0 aliphatic heterocycles. The van der Waals surface area contributed by atoms with Crippen molar-refractivity contribution in [3.8, 4) is 5.75 Å². The van der Waals surface area contributed by atoms with Crippen LogP contribution in [0.4, 0.5) is 4.79 Å². The lowest BCUT2D eigenvalue weighted by atomic mass is 10.1. The van der Waals surface area contributed by atoms with Crippen LogP contribution in [0.3, 0.4) is 0 Å². The summed E-state index contributed by atoms with van der Waals surface area (Å²) in [6, 6.07) is 6.77. The molecular weight excluding hydrogens is 338 g/mol. The molecule has 1 aromatic carbocycles. The molecule has 1 amide bonds. The molecule has 26 heavy (non-hydrogen) atoms. The average molecular weight is 361 g/mol. The van der Waals surface area contributed by atoms with E-state index in [0.29, 0.717) is 11.0 Å². The van der Waals surface area contributed by atoms with Crippen LogP contribution < -0.4 is 15.7 Å². The Morgan fingerprint density at radius 3 is 2.38 bits per heavy atom. The molecule has 7 heteroatoms. The molecule has 0 fully saturated rings.